The standard InChI is InChI=1S/C18H39NO.2H2O/c1-4-7-8-9-10-11-12-13-14-15-16-17-18-19(20,5-2)6-3;;/h4-18H2,1-3H3;2*1H2. The molecule has 0 unspecified atom stereocenters. The zero-order chi connectivity index (χ0) is 15.1. The second-order valence-electron chi connectivity index (χ2n) is 6.30. The van der Waals surface area contributed by atoms with Crippen LogP contribution >= 0.6 is 0 Å². The summed E-state index contributed by atoms with van der Waals surface area (Å²) in [6.45, 7) is 8.58. The Hall–Kier alpha value is -0.160. The molecule has 0 aromatic rings. The fourth-order valence-electron chi connectivity index (χ4n) is 2.78. The number of nitrogens with zero attached hydrogens (tertiary/aromatic N) is 1. The molecular formula is C18H43NO3. The van der Waals surface area contributed by atoms with Crippen LogP contribution in [0.2, 0.25) is 0 Å². The molecule has 0 bridgehead atoms. The van der Waals surface area contributed by atoms with Gasteiger partial charge in [0.15, 0.2) is 0 Å². The minimum absolute atomic E-state index is 0. The third kappa shape index (κ3) is 16.2. The van der Waals surface area contributed by atoms with Crippen LogP contribution in [-0.2, 0) is 0 Å². The van der Waals surface area contributed by atoms with Crippen molar-refractivity contribution < 1.29 is 15.6 Å². The van der Waals surface area contributed by atoms with Crippen molar-refractivity contribution in [3.8, 4) is 0 Å². The minimum Gasteiger partial charge on any atom is -0.633 e. The van der Waals surface area contributed by atoms with Gasteiger partial charge in [-0.3, -0.25) is 0 Å². The van der Waals surface area contributed by atoms with Gasteiger partial charge in [0.05, 0.1) is 19.6 Å². The van der Waals surface area contributed by atoms with Crippen molar-refractivity contribution in [2.75, 3.05) is 19.6 Å². The first-order valence-electron chi connectivity index (χ1n) is 9.25. The highest BCUT2D eigenvalue weighted by Gasteiger charge is 2.09. The predicted molar refractivity (Wildman–Crippen MR) is 97.9 cm³/mol. The molecule has 0 aromatic heterocycles. The number of quaternary nitrogens is 1. The first-order chi connectivity index (χ1) is 9.68. The van der Waals surface area contributed by atoms with E-state index in [-0.39, 0.29) is 15.6 Å². The minimum atomic E-state index is 0. The molecule has 4 nitrogen and oxygen atoms in total. The Balaban J connectivity index is -0.00000180. The Labute approximate surface area is 139 Å². The third-order valence-corrected chi connectivity index (χ3v) is 4.57. The molecule has 0 spiro atoms. The molecule has 138 valence electrons. The largest absolute Gasteiger partial charge is 0.633 e. The summed E-state index contributed by atoms with van der Waals surface area (Å²) in [5, 5.41) is 12.1. The number of rotatable bonds is 15. The zero-order valence-electron chi connectivity index (χ0n) is 15.5. The summed E-state index contributed by atoms with van der Waals surface area (Å²) in [6, 6.07) is 0. The Morgan fingerprint density at radius 3 is 1.18 bits per heavy atom. The Morgan fingerprint density at radius 2 is 0.864 bits per heavy atom. The van der Waals surface area contributed by atoms with Gasteiger partial charge in [-0.05, 0) is 26.7 Å². The molecule has 4 N–H and O–H groups in total. The molecule has 0 aliphatic heterocycles. The fourth-order valence-corrected chi connectivity index (χ4v) is 2.78. The monoisotopic (exact) mass is 321 g/mol. The van der Waals surface area contributed by atoms with Crippen molar-refractivity contribution in [3.05, 3.63) is 5.21 Å². The van der Waals surface area contributed by atoms with Crippen LogP contribution in [-0.4, -0.2) is 35.2 Å². The SMILES string of the molecule is CCCCCCCCCCCCCC[N+]([O-])(CC)CC.O.O. The number of hydrogen-bond donors (Lipinski definition) is 0. The normalized spacial score (nSPS) is 10.9. The van der Waals surface area contributed by atoms with E-state index in [0.29, 0.717) is 0 Å². The van der Waals surface area contributed by atoms with E-state index < -0.39 is 0 Å². The van der Waals surface area contributed by atoms with E-state index in [1.54, 1.807) is 0 Å². The molecule has 0 aliphatic carbocycles. The van der Waals surface area contributed by atoms with Crippen molar-refractivity contribution in [3.63, 3.8) is 0 Å². The number of unbranched alkanes of at least 4 members (excludes halogenated alkanes) is 11. The van der Waals surface area contributed by atoms with Crippen LogP contribution in [0.1, 0.15) is 97.8 Å². The zero-order valence-corrected chi connectivity index (χ0v) is 15.5. The molecule has 0 amide bonds. The lowest BCUT2D eigenvalue weighted by Gasteiger charge is -2.41. The average molecular weight is 322 g/mol. The van der Waals surface area contributed by atoms with Gasteiger partial charge in [-0.1, -0.05) is 71.1 Å². The van der Waals surface area contributed by atoms with E-state index in [0.717, 1.165) is 26.1 Å². The summed E-state index contributed by atoms with van der Waals surface area (Å²) in [7, 11) is 0. The van der Waals surface area contributed by atoms with E-state index in [9.17, 15) is 5.21 Å². The van der Waals surface area contributed by atoms with Gasteiger partial charge in [-0.2, -0.15) is 0 Å². The third-order valence-electron chi connectivity index (χ3n) is 4.57. The lowest BCUT2D eigenvalue weighted by atomic mass is 10.1. The van der Waals surface area contributed by atoms with Crippen molar-refractivity contribution in [1.82, 2.24) is 0 Å². The summed E-state index contributed by atoms with van der Waals surface area (Å²) in [4.78, 5) is 0. The molecule has 0 radical (unpaired) electrons. The van der Waals surface area contributed by atoms with Crippen LogP contribution in [0.4, 0.5) is 0 Å². The summed E-state index contributed by atoms with van der Waals surface area (Å²) in [5.74, 6) is 0. The highest BCUT2D eigenvalue weighted by atomic mass is 16.5. The van der Waals surface area contributed by atoms with Crippen molar-refractivity contribution >= 4 is 0 Å². The second-order valence-corrected chi connectivity index (χ2v) is 6.30. The van der Waals surface area contributed by atoms with Crippen LogP contribution in [0.5, 0.6) is 0 Å². The summed E-state index contributed by atoms with van der Waals surface area (Å²) < 4.78 is 0.0117. The molecule has 22 heavy (non-hydrogen) atoms. The Kier molecular flexibility index (Phi) is 22.9. The summed E-state index contributed by atoms with van der Waals surface area (Å²) in [6.07, 6.45) is 16.3. The quantitative estimate of drug-likeness (QED) is 0.250. The van der Waals surface area contributed by atoms with E-state index >= 15 is 0 Å². The fraction of sp³-hybridized carbons (Fsp3) is 1.00. The molecule has 0 aromatic carbocycles. The highest BCUT2D eigenvalue weighted by molar-refractivity contribution is 4.49. The van der Waals surface area contributed by atoms with Crippen molar-refractivity contribution in [1.29, 1.82) is 0 Å². The summed E-state index contributed by atoms with van der Waals surface area (Å²) >= 11 is 0. The van der Waals surface area contributed by atoms with Gasteiger partial charge in [0.1, 0.15) is 0 Å². The van der Waals surface area contributed by atoms with Crippen LogP contribution in [0.15, 0.2) is 0 Å². The second kappa shape index (κ2) is 18.9. The topological polar surface area (TPSA) is 86.1 Å². The van der Waals surface area contributed by atoms with E-state index in [1.807, 2.05) is 13.8 Å². The van der Waals surface area contributed by atoms with Gasteiger partial charge in [0, 0.05) is 0 Å². The molecule has 0 aliphatic rings. The first kappa shape index (κ1) is 26.7. The highest BCUT2D eigenvalue weighted by Crippen LogP contribution is 2.13. The Bertz CT molecular complexity index is 197. The first-order valence-corrected chi connectivity index (χ1v) is 9.25. The molecule has 0 rings (SSSR count). The molecule has 4 heteroatoms. The van der Waals surface area contributed by atoms with E-state index in [4.69, 9.17) is 0 Å². The maximum absolute atomic E-state index is 12.1. The van der Waals surface area contributed by atoms with Gasteiger partial charge in [0.2, 0.25) is 0 Å². The van der Waals surface area contributed by atoms with Crippen molar-refractivity contribution in [2.24, 2.45) is 0 Å². The van der Waals surface area contributed by atoms with Crippen LogP contribution < -0.4 is 0 Å². The Morgan fingerprint density at radius 1 is 0.545 bits per heavy atom. The average Bonchev–Trinajstić information content (AvgIpc) is 2.48. The predicted octanol–water partition coefficient (Wildman–Crippen LogP) is 4.39. The molecule has 0 heterocycles. The van der Waals surface area contributed by atoms with E-state index in [2.05, 4.69) is 6.92 Å². The molecule has 0 fully saturated rings. The maximum atomic E-state index is 12.1. The summed E-state index contributed by atoms with van der Waals surface area (Å²) in [5.41, 5.74) is 0. The molecular weight excluding hydrogens is 278 g/mol. The van der Waals surface area contributed by atoms with Gasteiger partial charge in [-0.15, -0.1) is 0 Å². The van der Waals surface area contributed by atoms with Crippen molar-refractivity contribution in [2.45, 2.75) is 97.8 Å². The lowest BCUT2D eigenvalue weighted by Crippen LogP contribution is -2.42. The van der Waals surface area contributed by atoms with Crippen LogP contribution in [0, 0.1) is 5.21 Å². The molecule has 0 saturated carbocycles. The van der Waals surface area contributed by atoms with Crippen LogP contribution in [0.25, 0.3) is 0 Å². The maximum Gasteiger partial charge on any atom is 0.0783 e. The van der Waals surface area contributed by atoms with Gasteiger partial charge < -0.3 is 20.8 Å². The smallest absolute Gasteiger partial charge is 0.0783 e. The van der Waals surface area contributed by atoms with Gasteiger partial charge in [0.25, 0.3) is 0 Å². The van der Waals surface area contributed by atoms with Crippen LogP contribution in [0.3, 0.4) is 0 Å². The lowest BCUT2D eigenvalue weighted by molar-refractivity contribution is -0.877. The van der Waals surface area contributed by atoms with Gasteiger partial charge in [-0.25, -0.2) is 0 Å². The van der Waals surface area contributed by atoms with E-state index in [1.165, 1.54) is 70.6 Å². The number of hydrogen-bond acceptors (Lipinski definition) is 1. The number of hydroxylamine groups is 3. The van der Waals surface area contributed by atoms with Gasteiger partial charge >= 0.3 is 0 Å². The molecule has 0 saturated heterocycles. The molecule has 0 atom stereocenters.